The van der Waals surface area contributed by atoms with Gasteiger partial charge in [0.05, 0.1) is 17.8 Å². The zero-order valence-corrected chi connectivity index (χ0v) is 20.7. The number of hydrogen-bond donors (Lipinski definition) is 2. The largest absolute Gasteiger partial charge is 0.352 e. The molecule has 1 amide bonds. The van der Waals surface area contributed by atoms with Crippen LogP contribution in [0, 0.1) is 20.8 Å². The molecule has 1 aromatic carbocycles. The molecule has 1 saturated heterocycles. The molecule has 2 aromatic heterocycles. The van der Waals surface area contributed by atoms with E-state index in [9.17, 15) is 4.79 Å². The minimum absolute atomic E-state index is 0.0133. The number of carbonyl (C=O) groups excluding carboxylic acids is 1. The molecule has 0 bridgehead atoms. The van der Waals surface area contributed by atoms with Gasteiger partial charge in [-0.3, -0.25) is 9.78 Å². The molecule has 0 spiro atoms. The zero-order valence-electron chi connectivity index (χ0n) is 19.9. The van der Waals surface area contributed by atoms with Gasteiger partial charge in [0, 0.05) is 42.3 Å². The van der Waals surface area contributed by atoms with Gasteiger partial charge in [0.25, 0.3) is 0 Å². The first-order valence-electron chi connectivity index (χ1n) is 12.0. The van der Waals surface area contributed by atoms with E-state index in [1.165, 1.54) is 29.8 Å². The first kappa shape index (κ1) is 22.6. The van der Waals surface area contributed by atoms with E-state index in [4.69, 9.17) is 12.2 Å². The summed E-state index contributed by atoms with van der Waals surface area (Å²) < 4.78 is 2.47. The van der Waals surface area contributed by atoms with Gasteiger partial charge in [-0.25, -0.2) is 0 Å². The van der Waals surface area contributed by atoms with E-state index >= 15 is 0 Å². The van der Waals surface area contributed by atoms with E-state index in [0.717, 1.165) is 16.9 Å². The summed E-state index contributed by atoms with van der Waals surface area (Å²) in [6.45, 7) is 6.93. The second kappa shape index (κ2) is 9.22. The van der Waals surface area contributed by atoms with E-state index < -0.39 is 0 Å². The van der Waals surface area contributed by atoms with E-state index in [1.807, 2.05) is 55.6 Å². The average Bonchev–Trinajstić information content (AvgIpc) is 3.54. The van der Waals surface area contributed by atoms with Crippen LogP contribution < -0.4 is 10.6 Å². The number of para-hydroxylation sites is 1. The number of hydrogen-bond acceptors (Lipinski definition) is 3. The Hall–Kier alpha value is -3.19. The molecule has 7 heteroatoms. The van der Waals surface area contributed by atoms with Crippen LogP contribution in [0.1, 0.15) is 65.6 Å². The van der Waals surface area contributed by atoms with Crippen LogP contribution in [0.5, 0.6) is 0 Å². The van der Waals surface area contributed by atoms with Gasteiger partial charge in [-0.15, -0.1) is 0 Å². The second-order valence-electron chi connectivity index (χ2n) is 9.36. The van der Waals surface area contributed by atoms with Gasteiger partial charge in [-0.1, -0.05) is 24.3 Å². The molecule has 1 aliphatic heterocycles. The Morgan fingerprint density at radius 1 is 1.15 bits per heavy atom. The Bertz CT molecular complexity index is 1220. The summed E-state index contributed by atoms with van der Waals surface area (Å²) in [5.41, 5.74) is 6.68. The fourth-order valence-electron chi connectivity index (χ4n) is 5.13. The van der Waals surface area contributed by atoms with Crippen molar-refractivity contribution >= 4 is 28.9 Å². The number of nitrogens with zero attached hydrogens (tertiary/aromatic N) is 3. The van der Waals surface area contributed by atoms with E-state index in [-0.39, 0.29) is 18.0 Å². The van der Waals surface area contributed by atoms with Crippen molar-refractivity contribution in [2.75, 3.05) is 11.9 Å². The van der Waals surface area contributed by atoms with E-state index in [0.29, 0.717) is 24.1 Å². The highest BCUT2D eigenvalue weighted by atomic mass is 32.1. The highest BCUT2D eigenvalue weighted by Crippen LogP contribution is 2.44. The summed E-state index contributed by atoms with van der Waals surface area (Å²) in [6, 6.07) is 16.6. The Balaban J connectivity index is 1.42. The highest BCUT2D eigenvalue weighted by molar-refractivity contribution is 7.80. The average molecular weight is 474 g/mol. The molecule has 2 aliphatic rings. The van der Waals surface area contributed by atoms with Crippen molar-refractivity contribution in [1.82, 2.24) is 19.8 Å². The summed E-state index contributed by atoms with van der Waals surface area (Å²) in [6.07, 6.45) is 4.65. The van der Waals surface area contributed by atoms with Crippen LogP contribution in [0.4, 0.5) is 5.69 Å². The minimum atomic E-state index is -0.0683. The molecule has 0 radical (unpaired) electrons. The highest BCUT2D eigenvalue weighted by Gasteiger charge is 2.42. The molecule has 5 rings (SSSR count). The molecule has 3 heterocycles. The van der Waals surface area contributed by atoms with Crippen LogP contribution in [-0.2, 0) is 4.79 Å². The molecule has 1 aliphatic carbocycles. The number of anilines is 1. The van der Waals surface area contributed by atoms with Crippen molar-refractivity contribution < 1.29 is 4.79 Å². The van der Waals surface area contributed by atoms with Gasteiger partial charge in [-0.05, 0) is 81.2 Å². The molecule has 6 nitrogen and oxygen atoms in total. The molecule has 1 saturated carbocycles. The van der Waals surface area contributed by atoms with Gasteiger partial charge >= 0.3 is 0 Å². The number of aromatic nitrogens is 2. The van der Waals surface area contributed by atoms with Crippen molar-refractivity contribution in [3.63, 3.8) is 0 Å². The third kappa shape index (κ3) is 4.32. The van der Waals surface area contributed by atoms with Crippen molar-refractivity contribution in [1.29, 1.82) is 0 Å². The Morgan fingerprint density at radius 3 is 2.62 bits per heavy atom. The summed E-state index contributed by atoms with van der Waals surface area (Å²) in [5.74, 6) is -0.0133. The quantitative estimate of drug-likeness (QED) is 0.465. The molecule has 2 fully saturated rings. The predicted molar refractivity (Wildman–Crippen MR) is 139 cm³/mol. The number of pyridine rings is 1. The molecule has 34 heavy (non-hydrogen) atoms. The van der Waals surface area contributed by atoms with Crippen molar-refractivity contribution in [2.45, 2.75) is 58.2 Å². The van der Waals surface area contributed by atoms with Crippen LogP contribution >= 0.6 is 12.2 Å². The van der Waals surface area contributed by atoms with Gasteiger partial charge in [0.1, 0.15) is 0 Å². The molecule has 3 aromatic rings. The molecular weight excluding hydrogens is 442 g/mol. The van der Waals surface area contributed by atoms with Gasteiger partial charge in [0.15, 0.2) is 5.11 Å². The van der Waals surface area contributed by atoms with E-state index in [2.05, 4.69) is 45.0 Å². The number of rotatable bonds is 7. The number of nitrogens with one attached hydrogen (secondary N) is 2. The minimum Gasteiger partial charge on any atom is -0.352 e. The third-order valence-electron chi connectivity index (χ3n) is 6.95. The molecule has 2 atom stereocenters. The summed E-state index contributed by atoms with van der Waals surface area (Å²) in [7, 11) is 0. The maximum Gasteiger partial charge on any atom is 0.226 e. The number of thiocarbonyl (C=S) groups is 1. The summed E-state index contributed by atoms with van der Waals surface area (Å²) in [5, 5.41) is 7.22. The van der Waals surface area contributed by atoms with Gasteiger partial charge in [0.2, 0.25) is 5.91 Å². The Morgan fingerprint density at radius 2 is 1.91 bits per heavy atom. The predicted octanol–water partition coefficient (Wildman–Crippen LogP) is 5.14. The lowest BCUT2D eigenvalue weighted by Crippen LogP contribution is -2.33. The monoisotopic (exact) mass is 473 g/mol. The van der Waals surface area contributed by atoms with Crippen molar-refractivity contribution in [3.8, 4) is 0 Å². The van der Waals surface area contributed by atoms with Crippen molar-refractivity contribution in [2.24, 2.45) is 0 Å². The maximum absolute atomic E-state index is 12.8. The topological polar surface area (TPSA) is 62.2 Å². The maximum atomic E-state index is 12.8. The van der Waals surface area contributed by atoms with Gasteiger partial charge < -0.3 is 20.1 Å². The second-order valence-corrected chi connectivity index (χ2v) is 9.75. The van der Waals surface area contributed by atoms with Crippen LogP contribution in [-0.4, -0.2) is 32.0 Å². The molecule has 176 valence electrons. The first-order valence-corrected chi connectivity index (χ1v) is 12.4. The fourth-order valence-corrected chi connectivity index (χ4v) is 5.46. The normalized spacial score (nSPS) is 19.9. The Kier molecular flexibility index (Phi) is 6.13. The lowest BCUT2D eigenvalue weighted by molar-refractivity contribution is -0.116. The van der Waals surface area contributed by atoms with Crippen LogP contribution in [0.2, 0.25) is 0 Å². The van der Waals surface area contributed by atoms with Crippen LogP contribution in [0.15, 0.2) is 54.7 Å². The van der Waals surface area contributed by atoms with Crippen LogP contribution in [0.25, 0.3) is 0 Å². The molecule has 0 unspecified atom stereocenters. The first-order chi connectivity index (χ1) is 16.4. The summed E-state index contributed by atoms with van der Waals surface area (Å²) in [4.78, 5) is 19.6. The lowest BCUT2D eigenvalue weighted by Gasteiger charge is -2.28. The third-order valence-corrected chi connectivity index (χ3v) is 7.30. The van der Waals surface area contributed by atoms with Crippen LogP contribution in [0.3, 0.4) is 0 Å². The van der Waals surface area contributed by atoms with Gasteiger partial charge in [-0.2, -0.15) is 0 Å². The Labute approximate surface area is 206 Å². The zero-order chi connectivity index (χ0) is 23.8. The number of carbonyl (C=O) groups is 1. The molecular formula is C27H31N5OS. The van der Waals surface area contributed by atoms with E-state index in [1.54, 1.807) is 0 Å². The number of benzene rings is 1. The molecule has 2 N–H and O–H groups in total. The lowest BCUT2D eigenvalue weighted by atomic mass is 9.96. The number of amides is 1. The standard InChI is InChI=1S/C27H31N5OS/c1-17-8-4-5-9-22(17)29-24(33)13-15-31-26(21-16-18(2)32(19(21)3)20-11-12-20)25(30-27(31)34)23-10-6-7-14-28-23/h4-10,14,16,20,25-26H,11-13,15H2,1-3H3,(H,29,33)(H,30,34)/t25-,26-/m0/s1. The van der Waals surface area contributed by atoms with Crippen molar-refractivity contribution in [3.05, 3.63) is 82.9 Å². The summed E-state index contributed by atoms with van der Waals surface area (Å²) >= 11 is 5.79. The fraction of sp³-hybridized carbons (Fsp3) is 0.370. The SMILES string of the molecule is Cc1ccccc1NC(=O)CCN1C(=S)N[C@@H](c2ccccn2)[C@@H]1c1cc(C)n(C2CC2)c1C. The smallest absolute Gasteiger partial charge is 0.226 e. The number of aryl methyl sites for hydroxylation is 2.